The van der Waals surface area contributed by atoms with Gasteiger partial charge in [0.15, 0.2) is 0 Å². The Morgan fingerprint density at radius 1 is 0.423 bits per heavy atom. The minimum absolute atomic E-state index is 0.0543. The van der Waals surface area contributed by atoms with E-state index in [-0.39, 0.29) is 19.1 Å². The van der Waals surface area contributed by atoms with Gasteiger partial charge in [-0.2, -0.15) is 0 Å². The van der Waals surface area contributed by atoms with E-state index in [0.717, 1.165) is 44.9 Å². The number of hydrogen-bond acceptors (Lipinski definition) is 5. The van der Waals surface area contributed by atoms with Gasteiger partial charge in [-0.05, 0) is 70.6 Å². The van der Waals surface area contributed by atoms with E-state index in [1.54, 1.807) is 6.08 Å². The number of nitrogens with zero attached hydrogens (tertiary/aromatic N) is 1. The summed E-state index contributed by atoms with van der Waals surface area (Å²) in [6, 6.07) is -0.871. The Bertz CT molecular complexity index is 1410. The standard InChI is InChI=1S/C69H133N2O6P/c1-6-8-10-12-14-16-18-20-22-24-26-28-30-32-33-34-35-36-37-39-41-43-45-47-49-51-53-55-57-59-61-63-69(73)70-67(66-77-78(74,75)76-65-64-71(3,4)5)68(72)62-60-58-56-54-52-50-48-46-44-42-40-38-31-29-27-25-23-21-19-17-15-13-11-9-7-2/h24,26,44,46,52,54,60,62,67-68,72H,6-23,25,27-43,45,47-51,53,55-59,61,63-66H2,1-5H3,(H-,70,73,74,75)/p+1/b26-24-,46-44+,54-52+,62-60+. The van der Waals surface area contributed by atoms with Crippen LogP contribution < -0.4 is 5.32 Å². The highest BCUT2D eigenvalue weighted by Crippen LogP contribution is 2.43. The summed E-state index contributed by atoms with van der Waals surface area (Å²) in [7, 11) is 1.56. The van der Waals surface area contributed by atoms with Crippen LogP contribution in [0.1, 0.15) is 335 Å². The molecular formula is C69H134N2O6P+. The van der Waals surface area contributed by atoms with Crippen molar-refractivity contribution in [3.05, 3.63) is 48.6 Å². The number of rotatable bonds is 63. The summed E-state index contributed by atoms with van der Waals surface area (Å²) in [5.41, 5.74) is 0. The molecule has 0 spiro atoms. The summed E-state index contributed by atoms with van der Waals surface area (Å²) in [5.74, 6) is -0.185. The van der Waals surface area contributed by atoms with Crippen molar-refractivity contribution in [2.24, 2.45) is 0 Å². The van der Waals surface area contributed by atoms with E-state index >= 15 is 0 Å². The van der Waals surface area contributed by atoms with E-state index in [9.17, 15) is 19.4 Å². The highest BCUT2D eigenvalue weighted by molar-refractivity contribution is 7.47. The molecule has 0 aromatic rings. The van der Waals surface area contributed by atoms with Gasteiger partial charge in [0.25, 0.3) is 0 Å². The monoisotopic (exact) mass is 1120 g/mol. The zero-order chi connectivity index (χ0) is 57.0. The van der Waals surface area contributed by atoms with Crippen molar-refractivity contribution in [1.82, 2.24) is 5.32 Å². The van der Waals surface area contributed by atoms with E-state index in [2.05, 4.69) is 55.6 Å². The van der Waals surface area contributed by atoms with Gasteiger partial charge in [-0.3, -0.25) is 13.8 Å². The first kappa shape index (κ1) is 76.5. The number of nitrogens with one attached hydrogen (secondary N) is 1. The van der Waals surface area contributed by atoms with Gasteiger partial charge >= 0.3 is 7.82 Å². The smallest absolute Gasteiger partial charge is 0.387 e. The lowest BCUT2D eigenvalue weighted by molar-refractivity contribution is -0.870. The van der Waals surface area contributed by atoms with Gasteiger partial charge in [0.05, 0.1) is 39.9 Å². The average molecular weight is 1120 g/mol. The van der Waals surface area contributed by atoms with Gasteiger partial charge in [0.2, 0.25) is 5.91 Å². The molecule has 3 unspecified atom stereocenters. The lowest BCUT2D eigenvalue weighted by atomic mass is 10.0. The molecule has 1 amide bonds. The number of hydrogen-bond donors (Lipinski definition) is 3. The van der Waals surface area contributed by atoms with Crippen molar-refractivity contribution in [3.63, 3.8) is 0 Å². The molecule has 0 aliphatic heterocycles. The fraction of sp³-hybridized carbons (Fsp3) is 0.870. The first-order valence-corrected chi connectivity index (χ1v) is 35.5. The third kappa shape index (κ3) is 62.1. The van der Waals surface area contributed by atoms with E-state index in [4.69, 9.17) is 9.05 Å². The van der Waals surface area contributed by atoms with E-state index in [1.807, 2.05) is 27.2 Å². The molecule has 8 nitrogen and oxygen atoms in total. The van der Waals surface area contributed by atoms with Crippen molar-refractivity contribution in [1.29, 1.82) is 0 Å². The number of amides is 1. The predicted molar refractivity (Wildman–Crippen MR) is 341 cm³/mol. The molecule has 0 saturated carbocycles. The summed E-state index contributed by atoms with van der Waals surface area (Å²) in [5, 5.41) is 14.0. The number of carbonyl (C=O) groups is 1. The van der Waals surface area contributed by atoms with Gasteiger partial charge in [-0.25, -0.2) is 4.57 Å². The van der Waals surface area contributed by atoms with Crippen LogP contribution in [0.25, 0.3) is 0 Å². The Balaban J connectivity index is 4.12. The molecule has 0 saturated heterocycles. The molecule has 78 heavy (non-hydrogen) atoms. The predicted octanol–water partition coefficient (Wildman–Crippen LogP) is 21.4. The van der Waals surface area contributed by atoms with Gasteiger partial charge in [0, 0.05) is 6.42 Å². The van der Waals surface area contributed by atoms with Crippen molar-refractivity contribution in [3.8, 4) is 0 Å². The summed E-state index contributed by atoms with van der Waals surface area (Å²) in [6.45, 7) is 4.83. The second-order valence-electron chi connectivity index (χ2n) is 24.5. The fourth-order valence-corrected chi connectivity index (χ4v) is 10.9. The third-order valence-electron chi connectivity index (χ3n) is 15.5. The molecule has 0 fully saturated rings. The molecule has 3 atom stereocenters. The van der Waals surface area contributed by atoms with E-state index in [1.165, 1.54) is 270 Å². The summed E-state index contributed by atoms with van der Waals surface area (Å²) >= 11 is 0. The Kier molecular flexibility index (Phi) is 58.9. The lowest BCUT2D eigenvalue weighted by Gasteiger charge is -2.25. The van der Waals surface area contributed by atoms with Crippen LogP contribution >= 0.6 is 7.82 Å². The fourth-order valence-electron chi connectivity index (χ4n) is 10.2. The van der Waals surface area contributed by atoms with Crippen molar-refractivity contribution in [2.45, 2.75) is 347 Å². The Morgan fingerprint density at radius 2 is 0.705 bits per heavy atom. The molecule has 0 aliphatic carbocycles. The number of quaternary nitrogens is 1. The third-order valence-corrected chi connectivity index (χ3v) is 16.5. The maximum atomic E-state index is 13.0. The number of phosphoric ester groups is 1. The van der Waals surface area contributed by atoms with Crippen LogP contribution in [0.5, 0.6) is 0 Å². The maximum absolute atomic E-state index is 13.0. The molecule has 0 bridgehead atoms. The van der Waals surface area contributed by atoms with Gasteiger partial charge in [-0.1, -0.05) is 306 Å². The second-order valence-corrected chi connectivity index (χ2v) is 26.0. The highest BCUT2D eigenvalue weighted by Gasteiger charge is 2.28. The van der Waals surface area contributed by atoms with E-state index < -0.39 is 20.0 Å². The zero-order valence-electron chi connectivity index (χ0n) is 52.7. The summed E-state index contributed by atoms with van der Waals surface area (Å²) in [4.78, 5) is 23.4. The highest BCUT2D eigenvalue weighted by atomic mass is 31.2. The first-order valence-electron chi connectivity index (χ1n) is 34.0. The average Bonchev–Trinajstić information content (AvgIpc) is 3.41. The molecular weight excluding hydrogens is 984 g/mol. The minimum atomic E-state index is -4.36. The number of carbonyl (C=O) groups excluding carboxylic acids is 1. The topological polar surface area (TPSA) is 105 Å². The van der Waals surface area contributed by atoms with Crippen LogP contribution in [0, 0.1) is 0 Å². The molecule has 0 aromatic carbocycles. The van der Waals surface area contributed by atoms with Crippen LogP contribution in [0.4, 0.5) is 0 Å². The van der Waals surface area contributed by atoms with Crippen LogP contribution in [0.3, 0.4) is 0 Å². The summed E-state index contributed by atoms with van der Waals surface area (Å²) < 4.78 is 23.8. The minimum Gasteiger partial charge on any atom is -0.387 e. The second kappa shape index (κ2) is 60.1. The SMILES string of the molecule is CCCCCCCCCC/C=C\CCCCCCCCCCCCCCCCCCCCCC(=O)NC(COP(=O)(O)OCC[N+](C)(C)C)C(O)/C=C/CC/C=C/CC/C=C/CCCCCCCCCCCCCCCCC. The number of likely N-dealkylation sites (N-methyl/N-ethyl adjacent to an activating group) is 1. The number of unbranched alkanes of at least 4 members (excludes halogenated alkanes) is 44. The quantitative estimate of drug-likeness (QED) is 0.0243. The van der Waals surface area contributed by atoms with Crippen LogP contribution in [0.2, 0.25) is 0 Å². The number of aliphatic hydroxyl groups excluding tert-OH is 1. The van der Waals surface area contributed by atoms with Gasteiger partial charge in [0.1, 0.15) is 13.2 Å². The number of aliphatic hydroxyl groups is 1. The van der Waals surface area contributed by atoms with Crippen LogP contribution in [-0.4, -0.2) is 73.4 Å². The number of allylic oxidation sites excluding steroid dienone is 7. The lowest BCUT2D eigenvalue weighted by Crippen LogP contribution is -2.45. The van der Waals surface area contributed by atoms with Crippen molar-refractivity contribution in [2.75, 3.05) is 40.9 Å². The van der Waals surface area contributed by atoms with Crippen LogP contribution in [0.15, 0.2) is 48.6 Å². The molecule has 460 valence electrons. The normalized spacial score (nSPS) is 14.0. The zero-order valence-corrected chi connectivity index (χ0v) is 53.6. The number of phosphoric acid groups is 1. The molecule has 0 aliphatic rings. The largest absolute Gasteiger partial charge is 0.472 e. The molecule has 0 heterocycles. The Labute approximate surface area is 486 Å². The van der Waals surface area contributed by atoms with E-state index in [0.29, 0.717) is 17.4 Å². The molecule has 0 radical (unpaired) electrons. The van der Waals surface area contributed by atoms with Crippen molar-refractivity contribution >= 4 is 13.7 Å². The van der Waals surface area contributed by atoms with Crippen LogP contribution in [-0.2, 0) is 18.4 Å². The molecule has 0 aromatic heterocycles. The summed E-state index contributed by atoms with van der Waals surface area (Å²) in [6.07, 6.45) is 81.2. The Hall–Kier alpha value is -1.54. The Morgan fingerprint density at radius 3 is 1.03 bits per heavy atom. The molecule has 9 heteroatoms. The molecule has 3 N–H and O–H groups in total. The van der Waals surface area contributed by atoms with Gasteiger partial charge in [-0.15, -0.1) is 0 Å². The first-order chi connectivity index (χ1) is 38.0. The van der Waals surface area contributed by atoms with Crippen molar-refractivity contribution < 1.29 is 32.9 Å². The molecule has 0 rings (SSSR count). The van der Waals surface area contributed by atoms with Gasteiger partial charge < -0.3 is 19.8 Å². The maximum Gasteiger partial charge on any atom is 0.472 e.